The van der Waals surface area contributed by atoms with Crippen LogP contribution in [0.3, 0.4) is 0 Å². The van der Waals surface area contributed by atoms with Crippen LogP contribution in [0.2, 0.25) is 0 Å². The van der Waals surface area contributed by atoms with E-state index in [-0.39, 0.29) is 11.8 Å². The number of hydrogen-bond acceptors (Lipinski definition) is 4. The van der Waals surface area contributed by atoms with Gasteiger partial charge in [0.05, 0.1) is 14.2 Å². The highest BCUT2D eigenvalue weighted by atomic mass is 16.5. The second kappa shape index (κ2) is 7.15. The molecule has 1 fully saturated rings. The van der Waals surface area contributed by atoms with Crippen LogP contribution in [-0.4, -0.2) is 62.0 Å². The van der Waals surface area contributed by atoms with E-state index in [4.69, 9.17) is 9.47 Å². The number of hydrogen-bond donors (Lipinski definition) is 0. The van der Waals surface area contributed by atoms with Crippen molar-refractivity contribution in [3.63, 3.8) is 0 Å². The van der Waals surface area contributed by atoms with Gasteiger partial charge in [0.15, 0.2) is 11.5 Å². The molecule has 120 valence electrons. The summed E-state index contributed by atoms with van der Waals surface area (Å²) >= 11 is 0. The molecule has 0 saturated carbocycles. The summed E-state index contributed by atoms with van der Waals surface area (Å²) in [6.45, 7) is 4.04. The van der Waals surface area contributed by atoms with Crippen molar-refractivity contribution < 1.29 is 19.1 Å². The molecule has 2 amide bonds. The summed E-state index contributed by atoms with van der Waals surface area (Å²) in [7, 11) is 3.10. The maximum absolute atomic E-state index is 12.6. The summed E-state index contributed by atoms with van der Waals surface area (Å²) in [4.78, 5) is 27.6. The fourth-order valence-electron chi connectivity index (χ4n) is 2.59. The minimum Gasteiger partial charge on any atom is -0.493 e. The van der Waals surface area contributed by atoms with Crippen molar-refractivity contribution in [1.29, 1.82) is 0 Å². The lowest BCUT2D eigenvalue weighted by molar-refractivity contribution is -0.128. The Morgan fingerprint density at radius 1 is 0.955 bits per heavy atom. The molecular formula is C16H22N2O4. The van der Waals surface area contributed by atoms with Gasteiger partial charge in [0.25, 0.3) is 5.91 Å². The van der Waals surface area contributed by atoms with E-state index < -0.39 is 0 Å². The first-order valence-corrected chi connectivity index (χ1v) is 7.33. The summed E-state index contributed by atoms with van der Waals surface area (Å²) in [6, 6.07) is 5.15. The van der Waals surface area contributed by atoms with E-state index >= 15 is 0 Å². The summed E-state index contributed by atoms with van der Waals surface area (Å²) in [5, 5.41) is 0. The van der Waals surface area contributed by atoms with Gasteiger partial charge in [-0.05, 0) is 24.6 Å². The number of carbonyl (C=O) groups excluding carboxylic acids is 2. The Morgan fingerprint density at radius 3 is 2.23 bits per heavy atom. The maximum atomic E-state index is 12.6. The quantitative estimate of drug-likeness (QED) is 0.847. The summed E-state index contributed by atoms with van der Waals surface area (Å²) in [6.07, 6.45) is 0.790. The van der Waals surface area contributed by atoms with Crippen LogP contribution in [0.25, 0.3) is 0 Å². The average Bonchev–Trinajstić information content (AvgIpc) is 2.79. The predicted molar refractivity (Wildman–Crippen MR) is 82.3 cm³/mol. The van der Waals surface area contributed by atoms with Crippen LogP contribution in [0.15, 0.2) is 18.2 Å². The lowest BCUT2D eigenvalue weighted by Gasteiger charge is -2.22. The molecule has 0 spiro atoms. The number of rotatable bonds is 3. The molecule has 6 nitrogen and oxygen atoms in total. The van der Waals surface area contributed by atoms with Crippen molar-refractivity contribution in [2.45, 2.75) is 13.3 Å². The first-order valence-electron chi connectivity index (χ1n) is 7.33. The SMILES string of the molecule is COc1ccc(C(=O)N2CCCN(C(C)=O)CC2)cc1OC. The minimum absolute atomic E-state index is 0.0497. The third-order valence-electron chi connectivity index (χ3n) is 3.86. The normalized spacial score (nSPS) is 15.2. The lowest BCUT2D eigenvalue weighted by Crippen LogP contribution is -2.36. The first-order chi connectivity index (χ1) is 10.6. The van der Waals surface area contributed by atoms with Gasteiger partial charge in [-0.1, -0.05) is 0 Å². The molecule has 1 aliphatic heterocycles. The van der Waals surface area contributed by atoms with Crippen molar-refractivity contribution in [1.82, 2.24) is 9.80 Å². The maximum Gasteiger partial charge on any atom is 0.254 e. The van der Waals surface area contributed by atoms with Crippen molar-refractivity contribution >= 4 is 11.8 Å². The summed E-state index contributed by atoms with van der Waals surface area (Å²) in [5.74, 6) is 1.14. The highest BCUT2D eigenvalue weighted by molar-refractivity contribution is 5.95. The van der Waals surface area contributed by atoms with Crippen LogP contribution >= 0.6 is 0 Å². The summed E-state index contributed by atoms with van der Waals surface area (Å²) < 4.78 is 10.4. The first kappa shape index (κ1) is 16.1. The number of methoxy groups -OCH3 is 2. The fraction of sp³-hybridized carbons (Fsp3) is 0.500. The highest BCUT2D eigenvalue weighted by Gasteiger charge is 2.22. The van der Waals surface area contributed by atoms with Gasteiger partial charge >= 0.3 is 0 Å². The van der Waals surface area contributed by atoms with Gasteiger partial charge in [0.2, 0.25) is 5.91 Å². The zero-order valence-corrected chi connectivity index (χ0v) is 13.3. The van der Waals surface area contributed by atoms with Crippen molar-refractivity contribution in [3.8, 4) is 11.5 Å². The molecule has 1 heterocycles. The van der Waals surface area contributed by atoms with E-state index in [0.717, 1.165) is 6.42 Å². The van der Waals surface area contributed by atoms with Crippen LogP contribution in [0, 0.1) is 0 Å². The molecule has 0 aliphatic carbocycles. The third-order valence-corrected chi connectivity index (χ3v) is 3.86. The van der Waals surface area contributed by atoms with Crippen LogP contribution in [0.1, 0.15) is 23.7 Å². The van der Waals surface area contributed by atoms with E-state index in [1.165, 1.54) is 0 Å². The molecule has 1 aliphatic rings. The van der Waals surface area contributed by atoms with E-state index in [1.807, 2.05) is 0 Å². The molecule has 22 heavy (non-hydrogen) atoms. The molecule has 1 aromatic rings. The molecule has 0 unspecified atom stereocenters. The lowest BCUT2D eigenvalue weighted by atomic mass is 10.1. The van der Waals surface area contributed by atoms with E-state index in [0.29, 0.717) is 43.2 Å². The molecule has 0 atom stereocenters. The molecule has 0 bridgehead atoms. The predicted octanol–water partition coefficient (Wildman–Crippen LogP) is 1.40. The zero-order chi connectivity index (χ0) is 16.1. The molecule has 0 radical (unpaired) electrons. The number of ether oxygens (including phenoxy) is 2. The molecular weight excluding hydrogens is 284 g/mol. The Kier molecular flexibility index (Phi) is 5.25. The van der Waals surface area contributed by atoms with Crippen LogP contribution in [0.4, 0.5) is 0 Å². The second-order valence-electron chi connectivity index (χ2n) is 5.22. The molecule has 2 rings (SSSR count). The van der Waals surface area contributed by atoms with E-state index in [9.17, 15) is 9.59 Å². The molecule has 1 saturated heterocycles. The minimum atomic E-state index is -0.0497. The smallest absolute Gasteiger partial charge is 0.254 e. The Morgan fingerprint density at radius 2 is 1.59 bits per heavy atom. The number of benzene rings is 1. The standard InChI is InChI=1S/C16H22N2O4/c1-12(19)17-7-4-8-18(10-9-17)16(20)13-5-6-14(21-2)15(11-13)22-3/h5-6,11H,4,7-10H2,1-3H3. The van der Waals surface area contributed by atoms with Gasteiger partial charge in [-0.25, -0.2) is 0 Å². The van der Waals surface area contributed by atoms with E-state index in [2.05, 4.69) is 0 Å². The van der Waals surface area contributed by atoms with Crippen molar-refractivity contribution in [3.05, 3.63) is 23.8 Å². The Hall–Kier alpha value is -2.24. The van der Waals surface area contributed by atoms with Crippen LogP contribution in [0.5, 0.6) is 11.5 Å². The van der Waals surface area contributed by atoms with Gasteiger partial charge in [-0.2, -0.15) is 0 Å². The van der Waals surface area contributed by atoms with Gasteiger partial charge in [0.1, 0.15) is 0 Å². The van der Waals surface area contributed by atoms with Crippen molar-refractivity contribution in [2.24, 2.45) is 0 Å². The average molecular weight is 306 g/mol. The molecule has 0 aromatic heterocycles. The van der Waals surface area contributed by atoms with E-state index in [1.54, 1.807) is 49.1 Å². The molecule has 6 heteroatoms. The Labute approximate surface area is 130 Å². The zero-order valence-electron chi connectivity index (χ0n) is 13.3. The van der Waals surface area contributed by atoms with Gasteiger partial charge in [-0.3, -0.25) is 9.59 Å². The monoisotopic (exact) mass is 306 g/mol. The van der Waals surface area contributed by atoms with Gasteiger partial charge in [0, 0.05) is 38.7 Å². The topological polar surface area (TPSA) is 59.1 Å². The molecule has 1 aromatic carbocycles. The van der Waals surface area contributed by atoms with Crippen LogP contribution in [-0.2, 0) is 4.79 Å². The largest absolute Gasteiger partial charge is 0.493 e. The fourth-order valence-corrected chi connectivity index (χ4v) is 2.59. The van der Waals surface area contributed by atoms with Gasteiger partial charge < -0.3 is 19.3 Å². The second-order valence-corrected chi connectivity index (χ2v) is 5.22. The van der Waals surface area contributed by atoms with Gasteiger partial charge in [-0.15, -0.1) is 0 Å². The van der Waals surface area contributed by atoms with Crippen molar-refractivity contribution in [2.75, 3.05) is 40.4 Å². The third kappa shape index (κ3) is 3.50. The Bertz CT molecular complexity index is 559. The Balaban J connectivity index is 2.12. The number of nitrogens with zero attached hydrogens (tertiary/aromatic N) is 2. The van der Waals surface area contributed by atoms with Crippen LogP contribution < -0.4 is 9.47 Å². The highest BCUT2D eigenvalue weighted by Crippen LogP contribution is 2.28. The number of amides is 2. The number of carbonyl (C=O) groups is 2. The summed E-state index contributed by atoms with van der Waals surface area (Å²) in [5.41, 5.74) is 0.564. The molecule has 0 N–H and O–H groups in total.